The van der Waals surface area contributed by atoms with E-state index in [0.29, 0.717) is 0 Å². The van der Waals surface area contributed by atoms with E-state index in [1.165, 1.54) is 0 Å². The van der Waals surface area contributed by atoms with Crippen LogP contribution in [0, 0.1) is 24.2 Å². The molecule has 0 aliphatic carbocycles. The lowest BCUT2D eigenvalue weighted by Crippen LogP contribution is -1.99. The van der Waals surface area contributed by atoms with Crippen LogP contribution in [0.15, 0.2) is 0 Å². The van der Waals surface area contributed by atoms with Crippen LogP contribution in [-0.4, -0.2) is 0 Å². The topological polar surface area (TPSA) is 0 Å². The van der Waals surface area contributed by atoms with Crippen molar-refractivity contribution in [2.24, 2.45) is 5.41 Å². The van der Waals surface area contributed by atoms with Crippen LogP contribution in [-0.2, 0) is 0 Å². The summed E-state index contributed by atoms with van der Waals surface area (Å²) in [7, 11) is 0. The van der Waals surface area contributed by atoms with Crippen LogP contribution in [0.5, 0.6) is 0 Å². The Bertz CT molecular complexity index is 115. The zero-order chi connectivity index (χ0) is 7.33. The lowest BCUT2D eigenvalue weighted by molar-refractivity contribution is 0.648. The van der Waals surface area contributed by atoms with Gasteiger partial charge in [0.05, 0.1) is 0 Å². The van der Waals surface area contributed by atoms with E-state index in [1.54, 1.807) is 0 Å². The minimum atomic E-state index is -0.0603. The van der Waals surface area contributed by atoms with Crippen LogP contribution in [0.1, 0.15) is 33.6 Å². The van der Waals surface area contributed by atoms with Gasteiger partial charge in [-0.2, -0.15) is 0 Å². The maximum atomic E-state index is 3.87. The lowest BCUT2D eigenvalue weighted by Gasteiger charge is -2.06. The third-order valence-corrected chi connectivity index (χ3v) is 0.802. The highest BCUT2D eigenvalue weighted by atomic mass is 14.0. The van der Waals surface area contributed by atoms with Crippen LogP contribution >= 0.6 is 0 Å². The van der Waals surface area contributed by atoms with Crippen LogP contribution in [0.25, 0.3) is 0 Å². The van der Waals surface area contributed by atoms with Gasteiger partial charge in [-0.1, -0.05) is 12.8 Å². The van der Waals surface area contributed by atoms with Gasteiger partial charge in [-0.3, -0.25) is 0 Å². The van der Waals surface area contributed by atoms with E-state index < -0.39 is 0 Å². The predicted octanol–water partition coefficient (Wildman–Crippen LogP) is 2.65. The quantitative estimate of drug-likeness (QED) is 0.470. The van der Waals surface area contributed by atoms with Crippen molar-refractivity contribution in [3.05, 3.63) is 6.92 Å². The Hall–Kier alpha value is -0.440. The van der Waals surface area contributed by atoms with E-state index in [4.69, 9.17) is 0 Å². The molecule has 0 saturated heterocycles. The molecule has 0 bridgehead atoms. The van der Waals surface area contributed by atoms with Crippen molar-refractivity contribution in [2.45, 2.75) is 33.6 Å². The van der Waals surface area contributed by atoms with Crippen LogP contribution < -0.4 is 0 Å². The van der Waals surface area contributed by atoms with E-state index in [-0.39, 0.29) is 5.41 Å². The smallest absolute Gasteiger partial charge is 0.0259 e. The van der Waals surface area contributed by atoms with E-state index in [9.17, 15) is 0 Å². The van der Waals surface area contributed by atoms with Crippen molar-refractivity contribution in [3.8, 4) is 11.8 Å². The first-order valence-electron chi connectivity index (χ1n) is 3.41. The first-order chi connectivity index (χ1) is 4.06. The average molecular weight is 123 g/mol. The molecule has 1 radical (unpaired) electrons. The van der Waals surface area contributed by atoms with Crippen molar-refractivity contribution in [3.63, 3.8) is 0 Å². The summed E-state index contributed by atoms with van der Waals surface area (Å²) in [6, 6.07) is 0. The van der Waals surface area contributed by atoms with Gasteiger partial charge in [0.1, 0.15) is 0 Å². The van der Waals surface area contributed by atoms with Gasteiger partial charge < -0.3 is 0 Å². The van der Waals surface area contributed by atoms with Gasteiger partial charge in [-0.15, -0.1) is 5.92 Å². The first-order valence-corrected chi connectivity index (χ1v) is 3.41. The fourth-order valence-electron chi connectivity index (χ4n) is 0.427. The Morgan fingerprint density at radius 1 is 1.44 bits per heavy atom. The molecule has 9 heavy (non-hydrogen) atoms. The SMILES string of the molecule is [CH2]C(C)(C)C#CCCC. The van der Waals surface area contributed by atoms with E-state index in [1.807, 2.05) is 13.8 Å². The molecule has 0 aromatic carbocycles. The summed E-state index contributed by atoms with van der Waals surface area (Å²) in [4.78, 5) is 0. The molecule has 0 heteroatoms. The minimum absolute atomic E-state index is 0.0603. The molecular weight excluding hydrogens is 108 g/mol. The van der Waals surface area contributed by atoms with Crippen LogP contribution in [0.2, 0.25) is 0 Å². The predicted molar refractivity (Wildman–Crippen MR) is 41.8 cm³/mol. The summed E-state index contributed by atoms with van der Waals surface area (Å²) < 4.78 is 0. The second kappa shape index (κ2) is 3.56. The summed E-state index contributed by atoms with van der Waals surface area (Å²) in [5.74, 6) is 6.12. The van der Waals surface area contributed by atoms with Gasteiger partial charge >= 0.3 is 0 Å². The molecule has 0 saturated carbocycles. The minimum Gasteiger partial charge on any atom is -0.103 e. The zero-order valence-corrected chi connectivity index (χ0v) is 6.62. The Kier molecular flexibility index (Phi) is 3.39. The van der Waals surface area contributed by atoms with Crippen LogP contribution in [0.4, 0.5) is 0 Å². The molecule has 0 atom stereocenters. The van der Waals surface area contributed by atoms with Crippen molar-refractivity contribution < 1.29 is 0 Å². The average Bonchev–Trinajstić information content (AvgIpc) is 1.63. The van der Waals surface area contributed by atoms with E-state index in [0.717, 1.165) is 12.8 Å². The van der Waals surface area contributed by atoms with Gasteiger partial charge in [0.2, 0.25) is 0 Å². The van der Waals surface area contributed by atoms with Gasteiger partial charge in [0.15, 0.2) is 0 Å². The number of rotatable bonds is 1. The molecule has 51 valence electrons. The van der Waals surface area contributed by atoms with E-state index >= 15 is 0 Å². The highest BCUT2D eigenvalue weighted by Crippen LogP contribution is 2.09. The Morgan fingerprint density at radius 2 is 2.00 bits per heavy atom. The molecule has 0 nitrogen and oxygen atoms in total. The number of unbranched alkanes of at least 4 members (excludes halogenated alkanes) is 1. The Labute approximate surface area is 58.7 Å². The lowest BCUT2D eigenvalue weighted by atomic mass is 9.98. The number of hydrogen-bond donors (Lipinski definition) is 0. The van der Waals surface area contributed by atoms with E-state index in [2.05, 4.69) is 25.7 Å². The molecule has 0 N–H and O–H groups in total. The van der Waals surface area contributed by atoms with Crippen LogP contribution in [0.3, 0.4) is 0 Å². The Morgan fingerprint density at radius 3 is 2.33 bits per heavy atom. The molecule has 0 unspecified atom stereocenters. The molecule has 0 fully saturated rings. The summed E-state index contributed by atoms with van der Waals surface area (Å²) in [5, 5.41) is 0. The molecule has 0 aliphatic heterocycles. The highest BCUT2D eigenvalue weighted by molar-refractivity contribution is 5.09. The molecular formula is C9H15. The third kappa shape index (κ3) is 7.56. The maximum absolute atomic E-state index is 3.87. The van der Waals surface area contributed by atoms with Crippen molar-refractivity contribution in [1.29, 1.82) is 0 Å². The summed E-state index contributed by atoms with van der Waals surface area (Å²) in [5.41, 5.74) is -0.0603. The van der Waals surface area contributed by atoms with Gasteiger partial charge in [0.25, 0.3) is 0 Å². The molecule has 0 amide bonds. The molecule has 0 spiro atoms. The first kappa shape index (κ1) is 8.56. The molecule has 0 rings (SSSR count). The van der Waals surface area contributed by atoms with Gasteiger partial charge in [-0.05, 0) is 27.2 Å². The number of hydrogen-bond acceptors (Lipinski definition) is 0. The fourth-order valence-corrected chi connectivity index (χ4v) is 0.427. The molecule has 0 aromatic heterocycles. The largest absolute Gasteiger partial charge is 0.103 e. The third-order valence-electron chi connectivity index (χ3n) is 0.802. The zero-order valence-electron chi connectivity index (χ0n) is 6.62. The van der Waals surface area contributed by atoms with Gasteiger partial charge in [0, 0.05) is 11.8 Å². The summed E-state index contributed by atoms with van der Waals surface area (Å²) in [6.45, 7) is 10.0. The molecule has 0 aromatic rings. The van der Waals surface area contributed by atoms with Gasteiger partial charge in [-0.25, -0.2) is 0 Å². The second-order valence-corrected chi connectivity index (χ2v) is 2.94. The monoisotopic (exact) mass is 123 g/mol. The Balaban J connectivity index is 3.59. The summed E-state index contributed by atoms with van der Waals surface area (Å²) >= 11 is 0. The maximum Gasteiger partial charge on any atom is 0.0259 e. The summed E-state index contributed by atoms with van der Waals surface area (Å²) in [6.07, 6.45) is 2.14. The van der Waals surface area contributed by atoms with Crippen molar-refractivity contribution in [2.75, 3.05) is 0 Å². The molecule has 0 aliphatic rings. The fraction of sp³-hybridized carbons (Fsp3) is 0.667. The normalized spacial score (nSPS) is 10.2. The molecule has 0 heterocycles. The highest BCUT2D eigenvalue weighted by Gasteiger charge is 2.02. The standard InChI is InChI=1S/C9H15/c1-5-6-7-8-9(2,3)4/h2,5-6H2,1,3-4H3. The van der Waals surface area contributed by atoms with Crippen molar-refractivity contribution in [1.82, 2.24) is 0 Å². The second-order valence-electron chi connectivity index (χ2n) is 2.94. The van der Waals surface area contributed by atoms with Crippen molar-refractivity contribution >= 4 is 0 Å².